The van der Waals surface area contributed by atoms with Crippen molar-refractivity contribution in [2.24, 2.45) is 0 Å². The van der Waals surface area contributed by atoms with Crippen LogP contribution in [-0.2, 0) is 10.3 Å². The molecule has 8 nitrogen and oxygen atoms in total. The van der Waals surface area contributed by atoms with Gasteiger partial charge in [-0.15, -0.1) is 0 Å². The predicted molar refractivity (Wildman–Crippen MR) is 75.8 cm³/mol. The summed E-state index contributed by atoms with van der Waals surface area (Å²) in [5.41, 5.74) is 2.57. The van der Waals surface area contributed by atoms with E-state index in [9.17, 15) is 25.0 Å². The highest BCUT2D eigenvalue weighted by atomic mass is 19.1. The average molecular weight is 322 g/mol. The highest BCUT2D eigenvalue weighted by Crippen LogP contribution is 2.45. The Kier molecular flexibility index (Phi) is 3.50. The maximum Gasteiger partial charge on any atom is 0.225 e. The number of nitrogen functional groups attached to an aromatic ring is 1. The lowest BCUT2D eigenvalue weighted by molar-refractivity contribution is -0.144. The maximum atomic E-state index is 13.4. The maximum absolute atomic E-state index is 13.4. The fraction of sp³-hybridized carbons (Fsp3) is 0.429. The van der Waals surface area contributed by atoms with Crippen LogP contribution in [0.5, 0.6) is 0 Å². The Bertz CT molecular complexity index is 785. The molecule has 4 atom stereocenters. The first-order valence-corrected chi connectivity index (χ1v) is 6.83. The Morgan fingerprint density at radius 1 is 1.39 bits per heavy atom. The summed E-state index contributed by atoms with van der Waals surface area (Å²) >= 11 is 0. The van der Waals surface area contributed by atoms with Crippen molar-refractivity contribution in [1.29, 1.82) is 5.26 Å². The predicted octanol–water partition coefficient (Wildman–Crippen LogP) is -0.912. The summed E-state index contributed by atoms with van der Waals surface area (Å²) in [5, 5.41) is 43.5. The normalized spacial score (nSPS) is 33.9. The standard InChI is InChI=1S/C14H15FN4O4/c15-5-13(7-20)11(21)12(22)14(6-16,23-13)10-2-1-9-8(17)3-4-18-19(9)10/h1-4,11-12,20-22H,5,7,17H2/t11-,12+,13+,14-/m0/s1. The number of aliphatic hydroxyl groups excluding tert-OH is 3. The highest BCUT2D eigenvalue weighted by molar-refractivity contribution is 5.69. The van der Waals surface area contributed by atoms with Gasteiger partial charge in [0.15, 0.2) is 5.60 Å². The molecule has 1 aliphatic rings. The molecule has 0 aromatic carbocycles. The van der Waals surface area contributed by atoms with Crippen LogP contribution in [0.3, 0.4) is 0 Å². The largest absolute Gasteiger partial charge is 0.397 e. The first-order chi connectivity index (χ1) is 11.0. The van der Waals surface area contributed by atoms with E-state index in [1.165, 1.54) is 16.8 Å². The monoisotopic (exact) mass is 322 g/mol. The summed E-state index contributed by atoms with van der Waals surface area (Å²) in [6, 6.07) is 6.35. The number of hydrogen-bond donors (Lipinski definition) is 4. The number of alkyl halides is 1. The van der Waals surface area contributed by atoms with Gasteiger partial charge in [-0.05, 0) is 18.2 Å². The van der Waals surface area contributed by atoms with Crippen molar-refractivity contribution >= 4 is 11.2 Å². The Hall–Kier alpha value is -2.25. The quantitative estimate of drug-likeness (QED) is 0.574. The van der Waals surface area contributed by atoms with Crippen LogP contribution in [0, 0.1) is 11.3 Å². The summed E-state index contributed by atoms with van der Waals surface area (Å²) in [4.78, 5) is 0. The van der Waals surface area contributed by atoms with Gasteiger partial charge in [-0.25, -0.2) is 8.91 Å². The van der Waals surface area contributed by atoms with E-state index in [1.54, 1.807) is 18.2 Å². The number of nitrogens with zero attached hydrogens (tertiary/aromatic N) is 3. The number of hydrogen-bond acceptors (Lipinski definition) is 7. The summed E-state index contributed by atoms with van der Waals surface area (Å²) < 4.78 is 20.1. The van der Waals surface area contributed by atoms with Gasteiger partial charge >= 0.3 is 0 Å². The third-order valence-electron chi connectivity index (χ3n) is 4.25. The topological polar surface area (TPSA) is 137 Å². The zero-order valence-corrected chi connectivity index (χ0v) is 11.9. The molecule has 9 heteroatoms. The lowest BCUT2D eigenvalue weighted by atomic mass is 9.89. The second-order valence-electron chi connectivity index (χ2n) is 5.50. The molecule has 2 aromatic rings. The fourth-order valence-electron chi connectivity index (χ4n) is 2.89. The number of aromatic nitrogens is 2. The number of nitrogens with two attached hydrogens (primary N) is 1. The molecule has 0 aliphatic carbocycles. The van der Waals surface area contributed by atoms with Crippen molar-refractivity contribution < 1.29 is 24.4 Å². The van der Waals surface area contributed by atoms with E-state index in [-0.39, 0.29) is 5.69 Å². The van der Waals surface area contributed by atoms with Crippen molar-refractivity contribution in [3.05, 3.63) is 30.1 Å². The van der Waals surface area contributed by atoms with Gasteiger partial charge in [0, 0.05) is 6.20 Å². The third-order valence-corrected chi connectivity index (χ3v) is 4.25. The molecule has 2 aromatic heterocycles. The summed E-state index contributed by atoms with van der Waals surface area (Å²) in [5.74, 6) is 0. The smallest absolute Gasteiger partial charge is 0.225 e. The SMILES string of the molecule is N#C[C@@]1(c2ccc3c(N)ccnn23)O[C@@](CO)(CF)[C@@H](O)[C@H]1O. The number of halogens is 1. The summed E-state index contributed by atoms with van der Waals surface area (Å²) in [6.45, 7) is -2.17. The van der Waals surface area contributed by atoms with Crippen LogP contribution in [0.4, 0.5) is 10.1 Å². The van der Waals surface area contributed by atoms with Gasteiger partial charge in [0.1, 0.15) is 25.0 Å². The zero-order chi connectivity index (χ0) is 16.8. The minimum absolute atomic E-state index is 0.0811. The molecular formula is C14H15FN4O4. The lowest BCUT2D eigenvalue weighted by Gasteiger charge is -2.28. The Balaban J connectivity index is 2.23. The molecule has 3 rings (SSSR count). The highest BCUT2D eigenvalue weighted by Gasteiger charge is 2.64. The molecule has 23 heavy (non-hydrogen) atoms. The molecule has 0 amide bonds. The van der Waals surface area contributed by atoms with Crippen LogP contribution in [-0.4, -0.2) is 56.0 Å². The van der Waals surface area contributed by atoms with Gasteiger partial charge in [-0.3, -0.25) is 0 Å². The van der Waals surface area contributed by atoms with Crippen molar-refractivity contribution in [2.75, 3.05) is 19.0 Å². The van der Waals surface area contributed by atoms with E-state index in [0.29, 0.717) is 11.2 Å². The number of nitriles is 1. The Morgan fingerprint density at radius 2 is 2.13 bits per heavy atom. The minimum Gasteiger partial charge on any atom is -0.397 e. The molecule has 1 fully saturated rings. The van der Waals surface area contributed by atoms with Crippen LogP contribution in [0.25, 0.3) is 5.52 Å². The molecule has 1 saturated heterocycles. The van der Waals surface area contributed by atoms with Crippen LogP contribution in [0.1, 0.15) is 5.69 Å². The van der Waals surface area contributed by atoms with Gasteiger partial charge in [0.25, 0.3) is 0 Å². The molecule has 0 spiro atoms. The van der Waals surface area contributed by atoms with Gasteiger partial charge in [0.2, 0.25) is 5.60 Å². The van der Waals surface area contributed by atoms with Gasteiger partial charge in [-0.1, -0.05) is 0 Å². The molecule has 0 radical (unpaired) electrons. The van der Waals surface area contributed by atoms with E-state index >= 15 is 0 Å². The number of anilines is 1. The second-order valence-corrected chi connectivity index (χ2v) is 5.50. The van der Waals surface area contributed by atoms with Crippen molar-refractivity contribution in [3.8, 4) is 6.07 Å². The Morgan fingerprint density at radius 3 is 2.70 bits per heavy atom. The second kappa shape index (κ2) is 5.14. The summed E-state index contributed by atoms with van der Waals surface area (Å²) in [7, 11) is 0. The van der Waals surface area contributed by atoms with Crippen molar-refractivity contribution in [1.82, 2.24) is 9.61 Å². The van der Waals surface area contributed by atoms with E-state index < -0.39 is 36.7 Å². The molecule has 122 valence electrons. The van der Waals surface area contributed by atoms with Gasteiger partial charge in [0.05, 0.1) is 23.5 Å². The fourth-order valence-corrected chi connectivity index (χ4v) is 2.89. The van der Waals surface area contributed by atoms with Crippen LogP contribution < -0.4 is 5.73 Å². The molecule has 3 heterocycles. The van der Waals surface area contributed by atoms with Crippen LogP contribution in [0.15, 0.2) is 24.4 Å². The average Bonchev–Trinajstić information content (AvgIpc) is 3.09. The number of fused-ring (bicyclic) bond motifs is 1. The molecule has 5 N–H and O–H groups in total. The number of rotatable bonds is 3. The van der Waals surface area contributed by atoms with Crippen molar-refractivity contribution in [3.63, 3.8) is 0 Å². The molecule has 1 aliphatic heterocycles. The molecular weight excluding hydrogens is 307 g/mol. The van der Waals surface area contributed by atoms with Crippen molar-refractivity contribution in [2.45, 2.75) is 23.4 Å². The van der Waals surface area contributed by atoms with E-state index in [0.717, 1.165) is 0 Å². The first-order valence-electron chi connectivity index (χ1n) is 6.83. The van der Waals surface area contributed by atoms with E-state index in [4.69, 9.17) is 10.5 Å². The first kappa shape index (κ1) is 15.6. The van der Waals surface area contributed by atoms with Gasteiger partial charge in [-0.2, -0.15) is 10.4 Å². The van der Waals surface area contributed by atoms with E-state index in [2.05, 4.69) is 5.10 Å². The van der Waals surface area contributed by atoms with Crippen LogP contribution in [0.2, 0.25) is 0 Å². The Labute approximate surface area is 130 Å². The lowest BCUT2D eigenvalue weighted by Crippen LogP contribution is -2.48. The van der Waals surface area contributed by atoms with Crippen LogP contribution >= 0.6 is 0 Å². The molecule has 0 bridgehead atoms. The minimum atomic E-state index is -2.10. The molecule has 0 saturated carbocycles. The van der Waals surface area contributed by atoms with Gasteiger partial charge < -0.3 is 25.8 Å². The molecule has 0 unspecified atom stereocenters. The van der Waals surface area contributed by atoms with E-state index in [1.807, 2.05) is 0 Å². The number of ether oxygens (including phenoxy) is 1. The zero-order valence-electron chi connectivity index (χ0n) is 11.9. The third kappa shape index (κ3) is 1.87. The number of aliphatic hydroxyl groups is 3. The summed E-state index contributed by atoms with van der Waals surface area (Å²) in [6.07, 6.45) is -2.18.